The maximum atomic E-state index is 12.2. The molecule has 1 atom stereocenters. The molecule has 1 aliphatic rings. The highest BCUT2D eigenvalue weighted by Crippen LogP contribution is 2.31. The summed E-state index contributed by atoms with van der Waals surface area (Å²) in [4.78, 5) is 26.0. The summed E-state index contributed by atoms with van der Waals surface area (Å²) in [6.07, 6.45) is 2.60. The smallest absolute Gasteiger partial charge is 0.410 e. The van der Waals surface area contributed by atoms with Gasteiger partial charge in [0, 0.05) is 13.1 Å². The van der Waals surface area contributed by atoms with E-state index in [-0.39, 0.29) is 19.2 Å². The van der Waals surface area contributed by atoms with Gasteiger partial charge in [0.05, 0.1) is 5.41 Å². The average Bonchev–Trinajstić information content (AvgIpc) is 2.58. The number of benzene rings is 1. The molecule has 0 aromatic heterocycles. The minimum Gasteiger partial charge on any atom is -0.461 e. The van der Waals surface area contributed by atoms with Gasteiger partial charge >= 0.3 is 12.1 Å². The fraction of sp³-hybridized carbons (Fsp3) is 0.444. The van der Waals surface area contributed by atoms with E-state index >= 15 is 0 Å². The number of piperidine rings is 1. The second-order valence-corrected chi connectivity index (χ2v) is 6.01. The van der Waals surface area contributed by atoms with Crippen molar-refractivity contribution in [3.63, 3.8) is 0 Å². The van der Waals surface area contributed by atoms with Crippen molar-refractivity contribution >= 4 is 12.1 Å². The molecular formula is C18H23NO4. The number of nitrogens with zero attached hydrogens (tertiary/aromatic N) is 1. The molecule has 0 bridgehead atoms. The van der Waals surface area contributed by atoms with E-state index < -0.39 is 11.5 Å². The van der Waals surface area contributed by atoms with Crippen LogP contribution in [0.5, 0.6) is 0 Å². The summed E-state index contributed by atoms with van der Waals surface area (Å²) in [5, 5.41) is 0. The number of hydrogen-bond donors (Lipinski definition) is 0. The summed E-state index contributed by atoms with van der Waals surface area (Å²) in [5.41, 5.74) is 0.249. The van der Waals surface area contributed by atoms with E-state index in [4.69, 9.17) is 9.47 Å². The van der Waals surface area contributed by atoms with E-state index in [1.54, 1.807) is 4.90 Å². The molecule has 1 saturated heterocycles. The van der Waals surface area contributed by atoms with Crippen molar-refractivity contribution in [2.75, 3.05) is 19.7 Å². The van der Waals surface area contributed by atoms with E-state index in [0.29, 0.717) is 19.5 Å². The van der Waals surface area contributed by atoms with Gasteiger partial charge in [0.25, 0.3) is 0 Å². The van der Waals surface area contributed by atoms with Crippen molar-refractivity contribution in [2.24, 2.45) is 5.41 Å². The molecule has 1 aromatic carbocycles. The van der Waals surface area contributed by atoms with Crippen LogP contribution in [0.2, 0.25) is 0 Å². The third-order valence-corrected chi connectivity index (χ3v) is 3.98. The molecule has 23 heavy (non-hydrogen) atoms. The first-order valence-electron chi connectivity index (χ1n) is 7.79. The van der Waals surface area contributed by atoms with E-state index in [1.807, 2.05) is 37.3 Å². The van der Waals surface area contributed by atoms with Crippen LogP contribution in [0.15, 0.2) is 43.0 Å². The van der Waals surface area contributed by atoms with Crippen molar-refractivity contribution in [1.29, 1.82) is 0 Å². The molecular weight excluding hydrogens is 294 g/mol. The first kappa shape index (κ1) is 17.1. The first-order chi connectivity index (χ1) is 11.0. The van der Waals surface area contributed by atoms with E-state index in [9.17, 15) is 9.59 Å². The zero-order valence-corrected chi connectivity index (χ0v) is 13.5. The second kappa shape index (κ2) is 7.81. The van der Waals surface area contributed by atoms with Crippen LogP contribution in [0.25, 0.3) is 0 Å². The molecule has 5 heteroatoms. The maximum Gasteiger partial charge on any atom is 0.410 e. The van der Waals surface area contributed by atoms with Gasteiger partial charge in [0.15, 0.2) is 0 Å². The Labute approximate surface area is 136 Å². The minimum absolute atomic E-state index is 0.187. The molecule has 5 nitrogen and oxygen atoms in total. The van der Waals surface area contributed by atoms with Gasteiger partial charge in [-0.2, -0.15) is 0 Å². The number of ether oxygens (including phenoxy) is 2. The largest absolute Gasteiger partial charge is 0.461 e. The zero-order valence-electron chi connectivity index (χ0n) is 13.5. The molecule has 124 valence electrons. The minimum atomic E-state index is -0.687. The van der Waals surface area contributed by atoms with Crippen molar-refractivity contribution < 1.29 is 19.1 Å². The SMILES string of the molecule is C=CCOC(=O)C1(C)CCCN(C(=O)OCc2ccccc2)C1. The van der Waals surface area contributed by atoms with Crippen LogP contribution in [0, 0.1) is 5.41 Å². The molecule has 0 aliphatic carbocycles. The summed E-state index contributed by atoms with van der Waals surface area (Å²) in [5.74, 6) is -0.294. The van der Waals surface area contributed by atoms with Crippen LogP contribution >= 0.6 is 0 Å². The lowest BCUT2D eigenvalue weighted by Gasteiger charge is -2.37. The Bertz CT molecular complexity index is 557. The Kier molecular flexibility index (Phi) is 5.79. The van der Waals surface area contributed by atoms with E-state index in [1.165, 1.54) is 6.08 Å². The van der Waals surface area contributed by atoms with Gasteiger partial charge in [-0.05, 0) is 25.3 Å². The molecule has 1 fully saturated rings. The molecule has 1 amide bonds. The topological polar surface area (TPSA) is 55.8 Å². The number of likely N-dealkylation sites (tertiary alicyclic amines) is 1. The fourth-order valence-electron chi connectivity index (χ4n) is 2.68. The highest BCUT2D eigenvalue weighted by molar-refractivity contribution is 5.78. The molecule has 1 unspecified atom stereocenters. The van der Waals surface area contributed by atoms with E-state index in [0.717, 1.165) is 12.0 Å². The lowest BCUT2D eigenvalue weighted by molar-refractivity contribution is -0.156. The summed E-state index contributed by atoms with van der Waals surface area (Å²) >= 11 is 0. The highest BCUT2D eigenvalue weighted by Gasteiger charge is 2.41. The quantitative estimate of drug-likeness (QED) is 0.618. The third-order valence-electron chi connectivity index (χ3n) is 3.98. The van der Waals surface area contributed by atoms with Gasteiger partial charge in [-0.1, -0.05) is 43.0 Å². The van der Waals surface area contributed by atoms with Crippen molar-refractivity contribution in [3.8, 4) is 0 Å². The summed E-state index contributed by atoms with van der Waals surface area (Å²) in [6, 6.07) is 9.52. The fourth-order valence-corrected chi connectivity index (χ4v) is 2.68. The molecule has 1 aliphatic heterocycles. The summed E-state index contributed by atoms with van der Waals surface area (Å²) < 4.78 is 10.5. The molecule has 0 N–H and O–H groups in total. The Morgan fingerprint density at radius 1 is 1.30 bits per heavy atom. The Morgan fingerprint density at radius 2 is 2.04 bits per heavy atom. The van der Waals surface area contributed by atoms with Crippen molar-refractivity contribution in [2.45, 2.75) is 26.4 Å². The normalized spacial score (nSPS) is 20.7. The lowest BCUT2D eigenvalue weighted by atomic mass is 9.82. The van der Waals surface area contributed by atoms with Crippen LogP contribution in [-0.2, 0) is 20.9 Å². The van der Waals surface area contributed by atoms with Gasteiger partial charge < -0.3 is 14.4 Å². The van der Waals surface area contributed by atoms with Crippen LogP contribution in [0.3, 0.4) is 0 Å². The first-order valence-corrected chi connectivity index (χ1v) is 7.79. The van der Waals surface area contributed by atoms with Crippen LogP contribution in [0.4, 0.5) is 4.79 Å². The van der Waals surface area contributed by atoms with Crippen molar-refractivity contribution in [1.82, 2.24) is 4.90 Å². The van der Waals surface area contributed by atoms with Gasteiger partial charge in [0.2, 0.25) is 0 Å². The average molecular weight is 317 g/mol. The number of carbonyl (C=O) groups is 2. The predicted molar refractivity (Wildman–Crippen MR) is 86.7 cm³/mol. The van der Waals surface area contributed by atoms with E-state index in [2.05, 4.69) is 6.58 Å². The number of hydrogen-bond acceptors (Lipinski definition) is 4. The summed E-state index contributed by atoms with van der Waals surface area (Å²) in [6.45, 7) is 6.69. The van der Waals surface area contributed by atoms with Crippen LogP contribution in [-0.4, -0.2) is 36.7 Å². The number of carbonyl (C=O) groups excluding carboxylic acids is 2. The summed E-state index contributed by atoms with van der Waals surface area (Å²) in [7, 11) is 0. The van der Waals surface area contributed by atoms with Gasteiger partial charge in [-0.25, -0.2) is 4.79 Å². The Balaban J connectivity index is 1.90. The van der Waals surface area contributed by atoms with Gasteiger partial charge in [-0.15, -0.1) is 0 Å². The van der Waals surface area contributed by atoms with Gasteiger partial charge in [0.1, 0.15) is 13.2 Å². The van der Waals surface area contributed by atoms with Crippen LogP contribution < -0.4 is 0 Å². The standard InChI is InChI=1S/C18H23NO4/c1-3-12-22-16(20)18(2)10-7-11-19(14-18)17(21)23-13-15-8-5-4-6-9-15/h3-6,8-9H,1,7,10-14H2,2H3. The Morgan fingerprint density at radius 3 is 2.74 bits per heavy atom. The third kappa shape index (κ3) is 4.58. The molecule has 1 heterocycles. The number of amides is 1. The highest BCUT2D eigenvalue weighted by atomic mass is 16.6. The monoisotopic (exact) mass is 317 g/mol. The zero-order chi connectivity index (χ0) is 16.7. The molecule has 0 spiro atoms. The van der Waals surface area contributed by atoms with Gasteiger partial charge in [-0.3, -0.25) is 4.79 Å². The predicted octanol–water partition coefficient (Wildman–Crippen LogP) is 3.15. The molecule has 0 radical (unpaired) electrons. The molecule has 0 saturated carbocycles. The second-order valence-electron chi connectivity index (χ2n) is 6.01. The van der Waals surface area contributed by atoms with Crippen LogP contribution in [0.1, 0.15) is 25.3 Å². The number of rotatable bonds is 5. The number of esters is 1. The van der Waals surface area contributed by atoms with Crippen molar-refractivity contribution in [3.05, 3.63) is 48.6 Å². The molecule has 1 aromatic rings. The maximum absolute atomic E-state index is 12.2. The Hall–Kier alpha value is -2.30. The lowest BCUT2D eigenvalue weighted by Crippen LogP contribution is -2.49. The molecule has 2 rings (SSSR count).